The number of hydrogen-bond acceptors (Lipinski definition) is 4. The van der Waals surface area contributed by atoms with Crippen molar-refractivity contribution in [3.8, 4) is 5.69 Å². The van der Waals surface area contributed by atoms with E-state index in [1.807, 2.05) is 13.8 Å². The number of carbonyl (C=O) groups is 1. The Morgan fingerprint density at radius 2 is 2.04 bits per heavy atom. The number of amides is 1. The molecule has 0 aliphatic carbocycles. The van der Waals surface area contributed by atoms with E-state index in [1.54, 1.807) is 18.4 Å². The summed E-state index contributed by atoms with van der Waals surface area (Å²) in [5, 5.41) is 4.53. The van der Waals surface area contributed by atoms with E-state index in [1.165, 1.54) is 34.1 Å². The second-order valence-electron chi connectivity index (χ2n) is 6.45. The molecule has 2 heterocycles. The highest BCUT2D eigenvalue weighted by atomic mass is 32.1. The topological polar surface area (TPSA) is 73.1 Å². The highest BCUT2D eigenvalue weighted by Crippen LogP contribution is 2.18. The minimum absolute atomic E-state index is 0.0172. The molecule has 0 saturated carbocycles. The summed E-state index contributed by atoms with van der Waals surface area (Å²) in [7, 11) is 0. The maximum atomic E-state index is 13.5. The molecule has 0 spiro atoms. The molecule has 0 saturated heterocycles. The Balaban J connectivity index is 2.20. The fourth-order valence-electron chi connectivity index (χ4n) is 2.89. The number of aryl methyl sites for hydroxylation is 1. The van der Waals surface area contributed by atoms with Gasteiger partial charge in [-0.3, -0.25) is 14.2 Å². The number of rotatable bonds is 5. The summed E-state index contributed by atoms with van der Waals surface area (Å²) in [6.07, 6.45) is 0.767. The molecule has 142 valence electrons. The van der Waals surface area contributed by atoms with Crippen molar-refractivity contribution in [3.05, 3.63) is 61.9 Å². The van der Waals surface area contributed by atoms with E-state index in [2.05, 4.69) is 5.32 Å². The van der Waals surface area contributed by atoms with Crippen molar-refractivity contribution in [2.24, 2.45) is 0 Å². The van der Waals surface area contributed by atoms with E-state index in [0.29, 0.717) is 21.5 Å². The maximum absolute atomic E-state index is 13.5. The monoisotopic (exact) mass is 389 g/mol. The zero-order chi connectivity index (χ0) is 19.7. The summed E-state index contributed by atoms with van der Waals surface area (Å²) in [4.78, 5) is 38.3. The molecule has 1 N–H and O–H groups in total. The van der Waals surface area contributed by atoms with Crippen molar-refractivity contribution in [2.75, 3.05) is 0 Å². The Bertz CT molecular complexity index is 1130. The average Bonchev–Trinajstić information content (AvgIpc) is 3.10. The second-order valence-corrected chi connectivity index (χ2v) is 7.37. The minimum Gasteiger partial charge on any atom is -0.352 e. The van der Waals surface area contributed by atoms with Crippen LogP contribution in [0.3, 0.4) is 0 Å². The Hall–Kier alpha value is -2.74. The summed E-state index contributed by atoms with van der Waals surface area (Å²) >= 11 is 1.20. The lowest BCUT2D eigenvalue weighted by atomic mass is 10.2. The molecular formula is C19H20FN3O3S. The number of carbonyl (C=O) groups excluding carboxylic acids is 1. The molecule has 0 fully saturated rings. The largest absolute Gasteiger partial charge is 0.352 e. The highest BCUT2D eigenvalue weighted by Gasteiger charge is 2.19. The molecule has 8 heteroatoms. The van der Waals surface area contributed by atoms with Gasteiger partial charge in [-0.15, -0.1) is 11.3 Å². The van der Waals surface area contributed by atoms with Crippen LogP contribution in [0.4, 0.5) is 4.39 Å². The molecular weight excluding hydrogens is 369 g/mol. The summed E-state index contributed by atoms with van der Waals surface area (Å²) < 4.78 is 16.1. The van der Waals surface area contributed by atoms with E-state index in [4.69, 9.17) is 0 Å². The Kier molecular flexibility index (Phi) is 5.27. The van der Waals surface area contributed by atoms with Crippen LogP contribution in [0.5, 0.6) is 0 Å². The molecule has 0 bridgehead atoms. The molecule has 0 aliphatic rings. The van der Waals surface area contributed by atoms with Crippen LogP contribution in [0, 0.1) is 12.7 Å². The first-order valence-corrected chi connectivity index (χ1v) is 9.50. The van der Waals surface area contributed by atoms with E-state index < -0.39 is 17.1 Å². The summed E-state index contributed by atoms with van der Waals surface area (Å²) in [5.41, 5.74) is 0.0852. The summed E-state index contributed by atoms with van der Waals surface area (Å²) in [5.74, 6) is -0.755. The minimum atomic E-state index is -0.625. The molecule has 0 aliphatic heterocycles. The van der Waals surface area contributed by atoms with Gasteiger partial charge in [0, 0.05) is 6.04 Å². The van der Waals surface area contributed by atoms with Gasteiger partial charge >= 0.3 is 5.69 Å². The van der Waals surface area contributed by atoms with Gasteiger partial charge in [-0.25, -0.2) is 13.8 Å². The van der Waals surface area contributed by atoms with Crippen LogP contribution in [0.15, 0.2) is 39.2 Å². The van der Waals surface area contributed by atoms with Gasteiger partial charge in [0.05, 0.1) is 11.2 Å². The van der Waals surface area contributed by atoms with E-state index in [0.717, 1.165) is 11.0 Å². The van der Waals surface area contributed by atoms with Crippen LogP contribution in [0.1, 0.15) is 25.8 Å². The Morgan fingerprint density at radius 3 is 2.70 bits per heavy atom. The number of nitrogens with zero attached hydrogens (tertiary/aromatic N) is 2. The zero-order valence-corrected chi connectivity index (χ0v) is 16.1. The van der Waals surface area contributed by atoms with E-state index >= 15 is 0 Å². The maximum Gasteiger partial charge on any atom is 0.336 e. The third kappa shape index (κ3) is 3.57. The van der Waals surface area contributed by atoms with Gasteiger partial charge in [0.2, 0.25) is 5.91 Å². The zero-order valence-electron chi connectivity index (χ0n) is 15.3. The molecule has 2 aromatic heterocycles. The van der Waals surface area contributed by atoms with Crippen LogP contribution >= 0.6 is 11.3 Å². The molecule has 1 amide bonds. The first-order chi connectivity index (χ1) is 12.8. The third-order valence-corrected chi connectivity index (χ3v) is 5.37. The van der Waals surface area contributed by atoms with Crippen LogP contribution in [-0.4, -0.2) is 21.1 Å². The van der Waals surface area contributed by atoms with Crippen LogP contribution < -0.4 is 16.6 Å². The first kappa shape index (κ1) is 19.0. The fraction of sp³-hybridized carbons (Fsp3) is 0.316. The van der Waals surface area contributed by atoms with Crippen molar-refractivity contribution in [1.29, 1.82) is 0 Å². The van der Waals surface area contributed by atoms with Gasteiger partial charge < -0.3 is 5.32 Å². The van der Waals surface area contributed by atoms with Crippen molar-refractivity contribution in [1.82, 2.24) is 14.5 Å². The molecule has 1 atom stereocenters. The highest BCUT2D eigenvalue weighted by molar-refractivity contribution is 7.17. The van der Waals surface area contributed by atoms with Crippen molar-refractivity contribution < 1.29 is 9.18 Å². The quantitative estimate of drug-likeness (QED) is 0.729. The normalized spacial score (nSPS) is 12.3. The SMILES string of the molecule is CC[C@@H](C)NC(=O)Cn1c(=O)n(-c2ccc(F)cc2C)c(=O)c2sccc21. The van der Waals surface area contributed by atoms with Gasteiger partial charge in [0.15, 0.2) is 0 Å². The Morgan fingerprint density at radius 1 is 1.30 bits per heavy atom. The van der Waals surface area contributed by atoms with Crippen molar-refractivity contribution >= 4 is 27.5 Å². The van der Waals surface area contributed by atoms with Crippen LogP contribution in [0.2, 0.25) is 0 Å². The van der Waals surface area contributed by atoms with Crippen LogP contribution in [0.25, 0.3) is 15.9 Å². The number of fused-ring (bicyclic) bond motifs is 1. The number of benzene rings is 1. The van der Waals surface area contributed by atoms with Crippen LogP contribution in [-0.2, 0) is 11.3 Å². The molecule has 3 aromatic rings. The number of hydrogen-bond donors (Lipinski definition) is 1. The van der Waals surface area contributed by atoms with Gasteiger partial charge in [0.1, 0.15) is 17.1 Å². The second kappa shape index (κ2) is 7.48. The summed E-state index contributed by atoms with van der Waals surface area (Å²) in [6.45, 7) is 5.26. The standard InChI is InChI=1S/C19H20FN3O3S/c1-4-12(3)21-16(24)10-22-15-7-8-27-17(15)18(25)23(19(22)26)14-6-5-13(20)9-11(14)2/h5-9,12H,4,10H2,1-3H3,(H,21,24)/t12-/m1/s1. The average molecular weight is 389 g/mol. The van der Waals surface area contributed by atoms with Gasteiger partial charge in [0.25, 0.3) is 5.56 Å². The van der Waals surface area contributed by atoms with E-state index in [9.17, 15) is 18.8 Å². The molecule has 6 nitrogen and oxygen atoms in total. The molecule has 1 aromatic carbocycles. The van der Waals surface area contributed by atoms with Gasteiger partial charge in [-0.2, -0.15) is 0 Å². The van der Waals surface area contributed by atoms with Crippen molar-refractivity contribution in [3.63, 3.8) is 0 Å². The number of nitrogens with one attached hydrogen (secondary N) is 1. The first-order valence-electron chi connectivity index (χ1n) is 8.62. The number of aromatic nitrogens is 2. The fourth-order valence-corrected chi connectivity index (χ4v) is 3.71. The lowest BCUT2D eigenvalue weighted by molar-refractivity contribution is -0.122. The lowest BCUT2D eigenvalue weighted by Gasteiger charge is -2.15. The van der Waals surface area contributed by atoms with Crippen molar-refractivity contribution in [2.45, 2.75) is 39.8 Å². The number of thiophene rings is 1. The third-order valence-electron chi connectivity index (χ3n) is 4.48. The smallest absolute Gasteiger partial charge is 0.336 e. The molecule has 27 heavy (non-hydrogen) atoms. The van der Waals surface area contributed by atoms with E-state index in [-0.39, 0.29) is 18.5 Å². The lowest BCUT2D eigenvalue weighted by Crippen LogP contribution is -2.43. The predicted molar refractivity (Wildman–Crippen MR) is 104 cm³/mol. The van der Waals surface area contributed by atoms with Gasteiger partial charge in [-0.1, -0.05) is 6.92 Å². The predicted octanol–water partition coefficient (Wildman–Crippen LogP) is 2.58. The number of halogens is 1. The molecule has 0 unspecified atom stereocenters. The van der Waals surface area contributed by atoms with Gasteiger partial charge in [-0.05, 0) is 55.5 Å². The molecule has 3 rings (SSSR count). The Labute approximate surface area is 158 Å². The summed E-state index contributed by atoms with van der Waals surface area (Å²) in [6, 6.07) is 5.50. The molecule has 0 radical (unpaired) electrons.